The third kappa shape index (κ3) is 4.13. The second kappa shape index (κ2) is 6.33. The predicted molar refractivity (Wildman–Crippen MR) is 67.4 cm³/mol. The van der Waals surface area contributed by atoms with Gasteiger partial charge in [-0.2, -0.15) is 0 Å². The third-order valence-corrected chi connectivity index (χ3v) is 2.42. The SMILES string of the molecule is Clc1ccc(CNCCOc2ccccc2)o1. The topological polar surface area (TPSA) is 34.4 Å². The Hall–Kier alpha value is -1.45. The standard InChI is InChI=1S/C13H14ClNO2/c14-13-7-6-12(17-13)10-15-8-9-16-11-4-2-1-3-5-11/h1-7,15H,8-10H2. The molecule has 1 heterocycles. The monoisotopic (exact) mass is 251 g/mol. The van der Waals surface area contributed by atoms with Gasteiger partial charge in [-0.15, -0.1) is 0 Å². The quantitative estimate of drug-likeness (QED) is 0.801. The molecule has 1 aromatic heterocycles. The van der Waals surface area contributed by atoms with Gasteiger partial charge >= 0.3 is 0 Å². The van der Waals surface area contributed by atoms with E-state index in [0.29, 0.717) is 18.4 Å². The lowest BCUT2D eigenvalue weighted by molar-refractivity contribution is 0.311. The summed E-state index contributed by atoms with van der Waals surface area (Å²) in [6.45, 7) is 2.04. The molecule has 0 unspecified atom stereocenters. The van der Waals surface area contributed by atoms with E-state index in [1.165, 1.54) is 0 Å². The van der Waals surface area contributed by atoms with Gasteiger partial charge < -0.3 is 14.5 Å². The first-order chi connectivity index (χ1) is 8.34. The van der Waals surface area contributed by atoms with Crippen LogP contribution in [0.5, 0.6) is 5.75 Å². The molecule has 0 saturated heterocycles. The number of hydrogen-bond donors (Lipinski definition) is 1. The molecule has 17 heavy (non-hydrogen) atoms. The Kier molecular flexibility index (Phi) is 4.47. The molecule has 0 atom stereocenters. The van der Waals surface area contributed by atoms with Gasteiger partial charge in [-0.25, -0.2) is 0 Å². The molecule has 0 fully saturated rings. The molecule has 2 rings (SSSR count). The van der Waals surface area contributed by atoms with Gasteiger partial charge in [-0.3, -0.25) is 0 Å². The minimum absolute atomic E-state index is 0.419. The highest BCUT2D eigenvalue weighted by Crippen LogP contribution is 2.12. The fourth-order valence-corrected chi connectivity index (χ4v) is 1.58. The minimum Gasteiger partial charge on any atom is -0.492 e. The minimum atomic E-state index is 0.419. The van der Waals surface area contributed by atoms with E-state index in [1.807, 2.05) is 36.4 Å². The van der Waals surface area contributed by atoms with Gasteiger partial charge in [0.1, 0.15) is 18.1 Å². The summed E-state index contributed by atoms with van der Waals surface area (Å²) in [5, 5.41) is 3.63. The van der Waals surface area contributed by atoms with E-state index in [4.69, 9.17) is 20.8 Å². The Morgan fingerprint density at radius 1 is 1.12 bits per heavy atom. The van der Waals surface area contributed by atoms with E-state index < -0.39 is 0 Å². The van der Waals surface area contributed by atoms with Gasteiger partial charge in [0.15, 0.2) is 5.22 Å². The van der Waals surface area contributed by atoms with Crippen molar-refractivity contribution in [2.24, 2.45) is 0 Å². The predicted octanol–water partition coefficient (Wildman–Crippen LogP) is 3.10. The summed E-state index contributed by atoms with van der Waals surface area (Å²) in [6.07, 6.45) is 0. The van der Waals surface area contributed by atoms with Crippen LogP contribution in [0.4, 0.5) is 0 Å². The lowest BCUT2D eigenvalue weighted by atomic mass is 10.3. The molecule has 90 valence electrons. The van der Waals surface area contributed by atoms with E-state index >= 15 is 0 Å². The van der Waals surface area contributed by atoms with Gasteiger partial charge in [-0.05, 0) is 35.9 Å². The molecule has 0 radical (unpaired) electrons. The average Bonchev–Trinajstić information content (AvgIpc) is 2.76. The molecule has 3 nitrogen and oxygen atoms in total. The van der Waals surface area contributed by atoms with Crippen LogP contribution >= 0.6 is 11.6 Å². The van der Waals surface area contributed by atoms with Crippen LogP contribution in [0, 0.1) is 0 Å². The maximum atomic E-state index is 5.66. The van der Waals surface area contributed by atoms with Crippen molar-refractivity contribution in [2.75, 3.05) is 13.2 Å². The number of hydrogen-bond acceptors (Lipinski definition) is 3. The molecular formula is C13H14ClNO2. The molecule has 4 heteroatoms. The zero-order valence-corrected chi connectivity index (χ0v) is 10.1. The molecule has 0 aliphatic carbocycles. The van der Waals surface area contributed by atoms with Gasteiger partial charge in [-0.1, -0.05) is 18.2 Å². The van der Waals surface area contributed by atoms with E-state index in [-0.39, 0.29) is 0 Å². The fraction of sp³-hybridized carbons (Fsp3) is 0.231. The first-order valence-corrected chi connectivity index (χ1v) is 5.85. The van der Waals surface area contributed by atoms with Crippen molar-refractivity contribution in [1.29, 1.82) is 0 Å². The molecule has 2 aromatic rings. The number of rotatable bonds is 6. The summed E-state index contributed by atoms with van der Waals surface area (Å²) in [5.74, 6) is 1.71. The lowest BCUT2D eigenvalue weighted by Gasteiger charge is -2.06. The van der Waals surface area contributed by atoms with E-state index in [0.717, 1.165) is 18.1 Å². The van der Waals surface area contributed by atoms with E-state index in [2.05, 4.69) is 5.32 Å². The highest BCUT2D eigenvalue weighted by atomic mass is 35.5. The van der Waals surface area contributed by atoms with Crippen LogP contribution in [0.1, 0.15) is 5.76 Å². The highest BCUT2D eigenvalue weighted by molar-refractivity contribution is 6.28. The molecular weight excluding hydrogens is 238 g/mol. The van der Waals surface area contributed by atoms with Crippen molar-refractivity contribution >= 4 is 11.6 Å². The zero-order valence-electron chi connectivity index (χ0n) is 9.36. The molecule has 0 aliphatic rings. The van der Waals surface area contributed by atoms with Crippen LogP contribution in [0.15, 0.2) is 46.9 Å². The van der Waals surface area contributed by atoms with Crippen LogP contribution < -0.4 is 10.1 Å². The number of furan rings is 1. The molecule has 0 spiro atoms. The van der Waals surface area contributed by atoms with Gasteiger partial charge in [0.25, 0.3) is 0 Å². The zero-order chi connectivity index (χ0) is 11.9. The molecule has 1 N–H and O–H groups in total. The maximum Gasteiger partial charge on any atom is 0.193 e. The Morgan fingerprint density at radius 2 is 1.94 bits per heavy atom. The molecule has 0 aliphatic heterocycles. The molecule has 0 amide bonds. The van der Waals surface area contributed by atoms with Crippen LogP contribution in [0.3, 0.4) is 0 Å². The Bertz CT molecular complexity index is 442. The van der Waals surface area contributed by atoms with Crippen LogP contribution in [-0.2, 0) is 6.54 Å². The van der Waals surface area contributed by atoms with Crippen molar-refractivity contribution < 1.29 is 9.15 Å². The van der Waals surface area contributed by atoms with Crippen molar-refractivity contribution in [3.63, 3.8) is 0 Å². The number of nitrogens with one attached hydrogen (secondary N) is 1. The van der Waals surface area contributed by atoms with Crippen molar-refractivity contribution in [3.05, 3.63) is 53.4 Å². The summed E-state index contributed by atoms with van der Waals surface area (Å²) in [5.41, 5.74) is 0. The summed E-state index contributed by atoms with van der Waals surface area (Å²) >= 11 is 5.66. The van der Waals surface area contributed by atoms with Crippen molar-refractivity contribution in [1.82, 2.24) is 5.32 Å². The normalized spacial score (nSPS) is 10.4. The first-order valence-electron chi connectivity index (χ1n) is 5.47. The summed E-state index contributed by atoms with van der Waals surface area (Å²) in [6, 6.07) is 13.3. The van der Waals surface area contributed by atoms with Crippen molar-refractivity contribution in [2.45, 2.75) is 6.54 Å². The summed E-state index contributed by atoms with van der Waals surface area (Å²) in [7, 11) is 0. The number of para-hydroxylation sites is 1. The van der Waals surface area contributed by atoms with Crippen LogP contribution in [0.2, 0.25) is 5.22 Å². The second-order valence-corrected chi connectivity index (χ2v) is 3.92. The molecule has 0 saturated carbocycles. The van der Waals surface area contributed by atoms with Crippen LogP contribution in [0.25, 0.3) is 0 Å². The number of benzene rings is 1. The van der Waals surface area contributed by atoms with E-state index in [9.17, 15) is 0 Å². The molecule has 1 aromatic carbocycles. The van der Waals surface area contributed by atoms with E-state index in [1.54, 1.807) is 6.07 Å². The van der Waals surface area contributed by atoms with Crippen molar-refractivity contribution in [3.8, 4) is 5.75 Å². The third-order valence-electron chi connectivity index (χ3n) is 2.22. The highest BCUT2D eigenvalue weighted by Gasteiger charge is 1.98. The lowest BCUT2D eigenvalue weighted by Crippen LogP contribution is -2.20. The Balaban J connectivity index is 1.61. The Morgan fingerprint density at radius 3 is 2.65 bits per heavy atom. The fourth-order valence-electron chi connectivity index (χ4n) is 1.42. The first kappa shape index (κ1) is 12.0. The summed E-state index contributed by atoms with van der Waals surface area (Å²) < 4.78 is 10.7. The smallest absolute Gasteiger partial charge is 0.193 e. The number of halogens is 1. The summed E-state index contributed by atoms with van der Waals surface area (Å²) in [4.78, 5) is 0. The largest absolute Gasteiger partial charge is 0.492 e. The average molecular weight is 252 g/mol. The second-order valence-electron chi connectivity index (χ2n) is 3.54. The van der Waals surface area contributed by atoms with Gasteiger partial charge in [0.05, 0.1) is 6.54 Å². The van der Waals surface area contributed by atoms with Crippen LogP contribution in [-0.4, -0.2) is 13.2 Å². The van der Waals surface area contributed by atoms with Gasteiger partial charge in [0, 0.05) is 6.54 Å². The molecule has 0 bridgehead atoms. The number of ether oxygens (including phenoxy) is 1. The van der Waals surface area contributed by atoms with Gasteiger partial charge in [0.2, 0.25) is 0 Å². The Labute approximate surface area is 105 Å². The maximum absolute atomic E-state index is 5.66.